The average molecular weight is 903 g/mol. The molecule has 1 unspecified atom stereocenters. The third-order valence-electron chi connectivity index (χ3n) is 11.0. The maximum Gasteiger partial charge on any atom is 0.306 e. The van der Waals surface area contributed by atoms with Crippen LogP contribution in [0.5, 0.6) is 0 Å². The molecule has 0 rings (SSSR count). The Balaban J connectivity index is 4.52. The van der Waals surface area contributed by atoms with Crippen molar-refractivity contribution in [2.45, 2.75) is 245 Å². The van der Waals surface area contributed by atoms with Crippen molar-refractivity contribution in [2.75, 3.05) is 13.2 Å². The lowest BCUT2D eigenvalue weighted by atomic mass is 10.1. The van der Waals surface area contributed by atoms with E-state index in [4.69, 9.17) is 14.2 Å². The summed E-state index contributed by atoms with van der Waals surface area (Å²) < 4.78 is 16.8. The molecule has 0 aromatic carbocycles. The molecular weight excluding hydrogens is 805 g/mol. The van der Waals surface area contributed by atoms with Crippen LogP contribution in [-0.4, -0.2) is 37.2 Å². The number of hydrogen-bond donors (Lipinski definition) is 0. The van der Waals surface area contributed by atoms with E-state index in [0.29, 0.717) is 19.3 Å². The minimum Gasteiger partial charge on any atom is -0.462 e. The molecule has 0 aliphatic carbocycles. The van der Waals surface area contributed by atoms with Gasteiger partial charge in [-0.3, -0.25) is 14.4 Å². The van der Waals surface area contributed by atoms with Crippen molar-refractivity contribution in [3.63, 3.8) is 0 Å². The van der Waals surface area contributed by atoms with Gasteiger partial charge in [-0.05, 0) is 116 Å². The molecule has 0 saturated carbocycles. The highest BCUT2D eigenvalue weighted by atomic mass is 16.6. The van der Waals surface area contributed by atoms with Gasteiger partial charge in [0.1, 0.15) is 13.2 Å². The Labute approximate surface area is 400 Å². The number of allylic oxidation sites excluding steroid dienone is 16. The first-order valence-electron chi connectivity index (χ1n) is 26.7. The molecule has 65 heavy (non-hydrogen) atoms. The zero-order chi connectivity index (χ0) is 47.2. The maximum atomic E-state index is 12.8. The van der Waals surface area contributed by atoms with Crippen molar-refractivity contribution in [1.82, 2.24) is 0 Å². The number of esters is 3. The smallest absolute Gasteiger partial charge is 0.306 e. The maximum absolute atomic E-state index is 12.8. The summed E-state index contributed by atoms with van der Waals surface area (Å²) in [4.78, 5) is 38.0. The number of ether oxygens (including phenoxy) is 3. The zero-order valence-electron chi connectivity index (χ0n) is 42.2. The Kier molecular flexibility index (Phi) is 50.0. The highest BCUT2D eigenvalue weighted by Gasteiger charge is 2.19. The Morgan fingerprint density at radius 2 is 0.615 bits per heavy atom. The van der Waals surface area contributed by atoms with Crippen LogP contribution in [0.15, 0.2) is 97.2 Å². The fourth-order valence-corrected chi connectivity index (χ4v) is 7.03. The van der Waals surface area contributed by atoms with Gasteiger partial charge in [0.25, 0.3) is 0 Å². The zero-order valence-corrected chi connectivity index (χ0v) is 42.2. The van der Waals surface area contributed by atoms with Crippen LogP contribution in [0.25, 0.3) is 0 Å². The molecule has 0 fully saturated rings. The van der Waals surface area contributed by atoms with E-state index in [1.807, 2.05) is 0 Å². The molecule has 6 heteroatoms. The number of rotatable bonds is 47. The van der Waals surface area contributed by atoms with Gasteiger partial charge in [0.05, 0.1) is 0 Å². The fourth-order valence-electron chi connectivity index (χ4n) is 7.03. The Hall–Kier alpha value is -3.67. The van der Waals surface area contributed by atoms with Crippen LogP contribution in [0.4, 0.5) is 0 Å². The summed E-state index contributed by atoms with van der Waals surface area (Å²) in [5, 5.41) is 0. The number of unbranched alkanes of at least 4 members (excludes halogenated alkanes) is 20. The first-order chi connectivity index (χ1) is 32.0. The minimum atomic E-state index is -0.811. The Morgan fingerprint density at radius 3 is 1.05 bits per heavy atom. The molecule has 0 aromatic rings. The van der Waals surface area contributed by atoms with Gasteiger partial charge in [-0.2, -0.15) is 0 Å². The molecule has 0 aliphatic rings. The van der Waals surface area contributed by atoms with Gasteiger partial charge in [-0.15, -0.1) is 0 Å². The molecule has 0 aliphatic heterocycles. The molecule has 6 nitrogen and oxygen atoms in total. The van der Waals surface area contributed by atoms with Crippen LogP contribution in [-0.2, 0) is 28.6 Å². The van der Waals surface area contributed by atoms with E-state index < -0.39 is 6.10 Å². The van der Waals surface area contributed by atoms with Gasteiger partial charge in [0, 0.05) is 19.3 Å². The van der Waals surface area contributed by atoms with Crippen LogP contribution >= 0.6 is 0 Å². The van der Waals surface area contributed by atoms with E-state index in [1.54, 1.807) is 0 Å². The molecule has 370 valence electrons. The predicted octanol–water partition coefficient (Wildman–Crippen LogP) is 17.8. The lowest BCUT2D eigenvalue weighted by Crippen LogP contribution is -2.30. The molecule has 0 aromatic heterocycles. The summed E-state index contributed by atoms with van der Waals surface area (Å²) >= 11 is 0. The first-order valence-corrected chi connectivity index (χ1v) is 26.7. The highest BCUT2D eigenvalue weighted by molar-refractivity contribution is 5.71. The molecule has 0 saturated heterocycles. The summed E-state index contributed by atoms with van der Waals surface area (Å²) in [7, 11) is 0. The van der Waals surface area contributed by atoms with Crippen molar-refractivity contribution in [1.29, 1.82) is 0 Å². The van der Waals surface area contributed by atoms with Gasteiger partial charge >= 0.3 is 17.9 Å². The van der Waals surface area contributed by atoms with E-state index in [-0.39, 0.29) is 37.5 Å². The summed E-state index contributed by atoms with van der Waals surface area (Å²) in [6.45, 7) is 6.42. The largest absolute Gasteiger partial charge is 0.462 e. The van der Waals surface area contributed by atoms with E-state index in [1.165, 1.54) is 77.0 Å². The molecule has 0 amide bonds. The van der Waals surface area contributed by atoms with E-state index in [0.717, 1.165) is 116 Å². The van der Waals surface area contributed by atoms with Gasteiger partial charge in [0.2, 0.25) is 0 Å². The summed E-state index contributed by atoms with van der Waals surface area (Å²) in [5.74, 6) is -0.990. The molecule has 0 spiro atoms. The minimum absolute atomic E-state index is 0.107. The lowest BCUT2D eigenvalue weighted by Gasteiger charge is -2.18. The molecule has 1 atom stereocenters. The van der Waals surface area contributed by atoms with Crippen LogP contribution in [0.1, 0.15) is 239 Å². The summed E-state index contributed by atoms with van der Waals surface area (Å²) in [5.41, 5.74) is 0. The number of carbonyl (C=O) groups is 3. The summed E-state index contributed by atoms with van der Waals surface area (Å²) in [6, 6.07) is 0. The van der Waals surface area contributed by atoms with Gasteiger partial charge < -0.3 is 14.2 Å². The average Bonchev–Trinajstić information content (AvgIpc) is 3.30. The van der Waals surface area contributed by atoms with Crippen LogP contribution in [0.3, 0.4) is 0 Å². The molecule has 0 heterocycles. The molecule has 0 bridgehead atoms. The SMILES string of the molecule is CCC=CCC=CCC=CCC=CCC=CCCCC(=O)OCC(COC(=O)CCCCCCCC=CCC=CCCCCC)OC(=O)CCCCCCCC=CCCCCCCCC. The van der Waals surface area contributed by atoms with Crippen molar-refractivity contribution < 1.29 is 28.6 Å². The molecule has 0 N–H and O–H groups in total. The van der Waals surface area contributed by atoms with Crippen molar-refractivity contribution >= 4 is 17.9 Å². The highest BCUT2D eigenvalue weighted by Crippen LogP contribution is 2.13. The Bertz CT molecular complexity index is 1310. The second-order valence-electron chi connectivity index (χ2n) is 17.4. The van der Waals surface area contributed by atoms with Gasteiger partial charge in [-0.1, -0.05) is 201 Å². The van der Waals surface area contributed by atoms with Gasteiger partial charge in [-0.25, -0.2) is 0 Å². The molecule has 0 radical (unpaired) electrons. The monoisotopic (exact) mass is 903 g/mol. The lowest BCUT2D eigenvalue weighted by molar-refractivity contribution is -0.167. The third-order valence-corrected chi connectivity index (χ3v) is 11.0. The topological polar surface area (TPSA) is 78.9 Å². The fraction of sp³-hybridized carbons (Fsp3) is 0.678. The van der Waals surface area contributed by atoms with Crippen molar-refractivity contribution in [3.8, 4) is 0 Å². The molecular formula is C59H98O6. The van der Waals surface area contributed by atoms with E-state index >= 15 is 0 Å². The number of carbonyl (C=O) groups excluding carboxylic acids is 3. The second kappa shape index (κ2) is 52.9. The Morgan fingerprint density at radius 1 is 0.323 bits per heavy atom. The first kappa shape index (κ1) is 61.3. The quantitative estimate of drug-likeness (QED) is 0.0262. The summed E-state index contributed by atoms with van der Waals surface area (Å²) in [6.07, 6.45) is 69.6. The van der Waals surface area contributed by atoms with E-state index in [9.17, 15) is 14.4 Å². The van der Waals surface area contributed by atoms with Crippen molar-refractivity contribution in [3.05, 3.63) is 97.2 Å². The van der Waals surface area contributed by atoms with Gasteiger partial charge in [0.15, 0.2) is 6.10 Å². The normalized spacial score (nSPS) is 12.8. The standard InChI is InChI=1S/C59H98O6/c1-4-7-10-13-16-19-22-25-28-29-32-34-37-40-43-46-49-52-58(61)64-55-56(65-59(62)53-50-47-44-41-38-35-31-27-24-21-18-15-12-9-6-3)54-63-57(60)51-48-45-42-39-36-33-30-26-23-20-17-14-11-8-5-2/h7,10,16-17,19-20,25-28,30-32,34,40,43,56H,4-6,8-9,11-15,18,21-24,29,33,35-39,41-42,44-55H2,1-3H3. The van der Waals surface area contributed by atoms with Crippen LogP contribution in [0, 0.1) is 0 Å². The third kappa shape index (κ3) is 51.2. The van der Waals surface area contributed by atoms with E-state index in [2.05, 4.69) is 118 Å². The van der Waals surface area contributed by atoms with Crippen LogP contribution < -0.4 is 0 Å². The predicted molar refractivity (Wildman–Crippen MR) is 279 cm³/mol. The second-order valence-corrected chi connectivity index (χ2v) is 17.4. The number of hydrogen-bond acceptors (Lipinski definition) is 6. The van der Waals surface area contributed by atoms with Crippen LogP contribution in [0.2, 0.25) is 0 Å². The van der Waals surface area contributed by atoms with Crippen molar-refractivity contribution in [2.24, 2.45) is 0 Å².